The topological polar surface area (TPSA) is 35.5 Å². The van der Waals surface area contributed by atoms with Crippen molar-refractivity contribution < 1.29 is 14.6 Å². The molecule has 0 bridgehead atoms. The van der Waals surface area contributed by atoms with Crippen molar-refractivity contribution in [3.8, 4) is 0 Å². The van der Waals surface area contributed by atoms with Crippen LogP contribution in [-0.4, -0.2) is 12.1 Å². The molecule has 0 aromatic heterocycles. The lowest BCUT2D eigenvalue weighted by Crippen LogP contribution is -2.27. The van der Waals surface area contributed by atoms with Gasteiger partial charge in [0.2, 0.25) is 0 Å². The van der Waals surface area contributed by atoms with E-state index in [1.807, 2.05) is 13.8 Å². The summed E-state index contributed by atoms with van der Waals surface area (Å²) in [4.78, 5) is 21.3. The second-order valence-electron chi connectivity index (χ2n) is 6.62. The number of carbonyl (C=O) groups is 1. The monoisotopic (exact) mass is 242 g/mol. The van der Waals surface area contributed by atoms with Crippen LogP contribution in [0.5, 0.6) is 0 Å². The van der Waals surface area contributed by atoms with E-state index < -0.39 is 5.97 Å². The van der Waals surface area contributed by atoms with E-state index in [9.17, 15) is 4.79 Å². The molecule has 0 aliphatic rings. The van der Waals surface area contributed by atoms with Crippen LogP contribution in [0, 0.1) is 10.8 Å². The minimum absolute atomic E-state index is 0.131. The summed E-state index contributed by atoms with van der Waals surface area (Å²) in [5.41, 5.74) is 0.287. The van der Waals surface area contributed by atoms with Gasteiger partial charge in [-0.2, -0.15) is 4.89 Å². The quantitative estimate of drug-likeness (QED) is 0.417. The van der Waals surface area contributed by atoms with E-state index in [2.05, 4.69) is 27.4 Å². The molecule has 0 N–H and O–H groups in total. The van der Waals surface area contributed by atoms with Gasteiger partial charge in [0.25, 0.3) is 0 Å². The molecule has 3 heteroatoms. The Kier molecular flexibility index (Phi) is 5.40. The Morgan fingerprint density at radius 2 is 1.65 bits per heavy atom. The first kappa shape index (κ1) is 16.2. The molecule has 0 heterocycles. The largest absolute Gasteiger partial charge is 0.369 e. The van der Waals surface area contributed by atoms with Gasteiger partial charge in [0.15, 0.2) is 0 Å². The summed E-state index contributed by atoms with van der Waals surface area (Å²) in [7, 11) is 0. The predicted molar refractivity (Wildman–Crippen MR) is 69.3 cm³/mol. The predicted octanol–water partition coefficient (Wildman–Crippen LogP) is 3.89. The van der Waals surface area contributed by atoms with Crippen LogP contribution in [-0.2, 0) is 14.6 Å². The SMILES string of the molecule is C=C(C(=O)OOC(C)C)C(C)(C)CC(C)(C)C. The van der Waals surface area contributed by atoms with Crippen LogP contribution in [0.3, 0.4) is 0 Å². The third-order valence-corrected chi connectivity index (χ3v) is 2.35. The molecule has 0 rings (SSSR count). The van der Waals surface area contributed by atoms with Crippen LogP contribution in [0.1, 0.15) is 54.9 Å². The summed E-state index contributed by atoms with van der Waals surface area (Å²) < 4.78 is 0. The maximum atomic E-state index is 11.7. The highest BCUT2D eigenvalue weighted by atomic mass is 17.2. The Labute approximate surface area is 105 Å². The van der Waals surface area contributed by atoms with E-state index in [-0.39, 0.29) is 16.9 Å². The number of carbonyl (C=O) groups excluding carboxylic acids is 1. The molecule has 0 aliphatic heterocycles. The van der Waals surface area contributed by atoms with Crippen LogP contribution in [0.2, 0.25) is 0 Å². The molecule has 0 amide bonds. The van der Waals surface area contributed by atoms with Crippen molar-refractivity contribution in [2.24, 2.45) is 10.8 Å². The number of hydrogen-bond acceptors (Lipinski definition) is 3. The summed E-state index contributed by atoms with van der Waals surface area (Å²) in [5.74, 6) is -0.479. The van der Waals surface area contributed by atoms with E-state index in [4.69, 9.17) is 9.78 Å². The van der Waals surface area contributed by atoms with Gasteiger partial charge in [-0.3, -0.25) is 4.89 Å². The highest BCUT2D eigenvalue weighted by molar-refractivity contribution is 5.88. The van der Waals surface area contributed by atoms with Gasteiger partial charge in [-0.25, -0.2) is 4.79 Å². The molecule has 0 spiro atoms. The van der Waals surface area contributed by atoms with Gasteiger partial charge >= 0.3 is 5.97 Å². The molecule has 0 aromatic rings. The molecule has 0 saturated heterocycles. The van der Waals surface area contributed by atoms with E-state index in [1.165, 1.54) is 0 Å². The summed E-state index contributed by atoms with van der Waals surface area (Å²) in [6.45, 7) is 17.8. The summed E-state index contributed by atoms with van der Waals surface area (Å²) in [6, 6.07) is 0. The van der Waals surface area contributed by atoms with Crippen molar-refractivity contribution in [2.75, 3.05) is 0 Å². The van der Waals surface area contributed by atoms with Crippen LogP contribution in [0.4, 0.5) is 0 Å². The zero-order chi connectivity index (χ0) is 13.9. The van der Waals surface area contributed by atoms with Crippen LogP contribution in [0.25, 0.3) is 0 Å². The summed E-state index contributed by atoms with van der Waals surface area (Å²) in [5, 5.41) is 0. The normalized spacial score (nSPS) is 12.7. The molecule has 100 valence electrons. The molecule has 0 aliphatic carbocycles. The van der Waals surface area contributed by atoms with E-state index >= 15 is 0 Å². The van der Waals surface area contributed by atoms with Crippen molar-refractivity contribution in [3.05, 3.63) is 12.2 Å². The van der Waals surface area contributed by atoms with Gasteiger partial charge in [-0.1, -0.05) is 41.2 Å². The minimum atomic E-state index is -0.479. The van der Waals surface area contributed by atoms with Crippen LogP contribution >= 0.6 is 0 Å². The minimum Gasteiger partial charge on any atom is -0.293 e. The Morgan fingerprint density at radius 1 is 1.18 bits per heavy atom. The Balaban J connectivity index is 4.52. The van der Waals surface area contributed by atoms with Crippen LogP contribution in [0.15, 0.2) is 12.2 Å². The average molecular weight is 242 g/mol. The Hall–Kier alpha value is -0.830. The van der Waals surface area contributed by atoms with Crippen molar-refractivity contribution in [3.63, 3.8) is 0 Å². The fourth-order valence-corrected chi connectivity index (χ4v) is 1.90. The molecule has 3 nitrogen and oxygen atoms in total. The first-order chi connectivity index (χ1) is 7.46. The van der Waals surface area contributed by atoms with Gasteiger partial charge in [-0.15, -0.1) is 0 Å². The van der Waals surface area contributed by atoms with Crippen molar-refractivity contribution in [1.29, 1.82) is 0 Å². The first-order valence-electron chi connectivity index (χ1n) is 6.03. The van der Waals surface area contributed by atoms with E-state index in [1.54, 1.807) is 13.8 Å². The smallest absolute Gasteiger partial charge is 0.293 e. The molecule has 0 unspecified atom stereocenters. The highest BCUT2D eigenvalue weighted by Gasteiger charge is 2.32. The molecule has 17 heavy (non-hydrogen) atoms. The molecular weight excluding hydrogens is 216 g/mol. The second-order valence-corrected chi connectivity index (χ2v) is 6.62. The van der Waals surface area contributed by atoms with Gasteiger partial charge in [0, 0.05) is 5.57 Å². The molecule has 0 aromatic carbocycles. The summed E-state index contributed by atoms with van der Waals surface area (Å²) in [6.07, 6.45) is 0.716. The lowest BCUT2D eigenvalue weighted by atomic mass is 9.72. The van der Waals surface area contributed by atoms with Gasteiger partial charge in [-0.05, 0) is 31.1 Å². The maximum absolute atomic E-state index is 11.7. The fourth-order valence-electron chi connectivity index (χ4n) is 1.90. The Morgan fingerprint density at radius 3 is 2.00 bits per heavy atom. The lowest BCUT2D eigenvalue weighted by Gasteiger charge is -2.32. The van der Waals surface area contributed by atoms with Crippen molar-refractivity contribution in [2.45, 2.75) is 61.0 Å². The maximum Gasteiger partial charge on any atom is 0.369 e. The van der Waals surface area contributed by atoms with E-state index in [0.29, 0.717) is 5.57 Å². The molecular formula is C14H26O3. The molecule has 0 fully saturated rings. The lowest BCUT2D eigenvalue weighted by molar-refractivity contribution is -0.288. The van der Waals surface area contributed by atoms with Gasteiger partial charge in [0.05, 0.1) is 6.10 Å². The third-order valence-electron chi connectivity index (χ3n) is 2.35. The van der Waals surface area contributed by atoms with Gasteiger partial charge in [0.1, 0.15) is 0 Å². The second kappa shape index (κ2) is 5.67. The van der Waals surface area contributed by atoms with Gasteiger partial charge < -0.3 is 0 Å². The fraction of sp³-hybridized carbons (Fsp3) is 0.786. The standard InChI is InChI=1S/C14H26O3/c1-10(2)16-17-12(15)11(3)14(7,8)9-13(4,5)6/h10H,3,9H2,1-2,4-8H3. The molecule has 0 atom stereocenters. The number of hydrogen-bond donors (Lipinski definition) is 0. The highest BCUT2D eigenvalue weighted by Crippen LogP contribution is 2.38. The first-order valence-corrected chi connectivity index (χ1v) is 6.03. The number of rotatable bonds is 5. The Bertz CT molecular complexity index is 282. The third kappa shape index (κ3) is 6.47. The summed E-state index contributed by atoms with van der Waals surface area (Å²) >= 11 is 0. The van der Waals surface area contributed by atoms with Crippen LogP contribution < -0.4 is 0 Å². The zero-order valence-corrected chi connectivity index (χ0v) is 12.2. The average Bonchev–Trinajstić information content (AvgIpc) is 2.08. The van der Waals surface area contributed by atoms with Crippen molar-refractivity contribution >= 4 is 5.97 Å². The van der Waals surface area contributed by atoms with Crippen molar-refractivity contribution in [1.82, 2.24) is 0 Å². The molecule has 0 saturated carbocycles. The zero-order valence-electron chi connectivity index (χ0n) is 12.2. The molecule has 0 radical (unpaired) electrons. The van der Waals surface area contributed by atoms with E-state index in [0.717, 1.165) is 6.42 Å².